The number of benzene rings is 1. The second-order valence-electron chi connectivity index (χ2n) is 4.40. The van der Waals surface area contributed by atoms with Gasteiger partial charge in [-0.25, -0.2) is 0 Å². The number of rotatable bonds is 8. The van der Waals surface area contributed by atoms with Crippen LogP contribution in [0.3, 0.4) is 0 Å². The largest absolute Gasteiger partial charge is 0.494 e. The summed E-state index contributed by atoms with van der Waals surface area (Å²) in [6.45, 7) is 3.08. The van der Waals surface area contributed by atoms with E-state index in [4.69, 9.17) is 14.9 Å². The number of hydrogen-bond donors (Lipinski definition) is 2. The third-order valence-corrected chi connectivity index (χ3v) is 2.74. The van der Waals surface area contributed by atoms with Crippen LogP contribution in [-0.2, 0) is 6.42 Å². The van der Waals surface area contributed by atoms with Crippen molar-refractivity contribution in [3.63, 3.8) is 0 Å². The zero-order chi connectivity index (χ0) is 12.5. The molecule has 0 fully saturated rings. The first-order valence-electron chi connectivity index (χ1n) is 6.19. The van der Waals surface area contributed by atoms with Gasteiger partial charge in [-0.1, -0.05) is 19.1 Å². The topological polar surface area (TPSA) is 49.7 Å². The molecule has 0 aliphatic heterocycles. The normalized spacial score (nSPS) is 12.4. The molecular formula is C14H22O3. The minimum absolute atomic E-state index is 0.212. The molecule has 0 amide bonds. The van der Waals surface area contributed by atoms with Gasteiger partial charge in [0, 0.05) is 13.2 Å². The molecule has 0 saturated heterocycles. The summed E-state index contributed by atoms with van der Waals surface area (Å²) in [4.78, 5) is 0. The zero-order valence-electron chi connectivity index (χ0n) is 10.4. The molecule has 1 aromatic rings. The molecular weight excluding hydrogens is 216 g/mol. The van der Waals surface area contributed by atoms with Crippen molar-refractivity contribution in [2.45, 2.75) is 26.2 Å². The molecule has 17 heavy (non-hydrogen) atoms. The SMILES string of the molecule is C[C@H](CO)CCOc1ccc(CCCO)cc1. The van der Waals surface area contributed by atoms with Crippen molar-refractivity contribution in [3.05, 3.63) is 29.8 Å². The Bertz CT molecular complexity index is 295. The van der Waals surface area contributed by atoms with Crippen molar-refractivity contribution in [2.24, 2.45) is 5.92 Å². The highest BCUT2D eigenvalue weighted by Crippen LogP contribution is 2.14. The number of aryl methyl sites for hydroxylation is 1. The van der Waals surface area contributed by atoms with Crippen LogP contribution < -0.4 is 4.74 Å². The average molecular weight is 238 g/mol. The third-order valence-electron chi connectivity index (χ3n) is 2.74. The smallest absolute Gasteiger partial charge is 0.119 e. The van der Waals surface area contributed by atoms with Gasteiger partial charge in [-0.3, -0.25) is 0 Å². The maximum atomic E-state index is 8.87. The van der Waals surface area contributed by atoms with Crippen LogP contribution >= 0.6 is 0 Å². The van der Waals surface area contributed by atoms with E-state index in [9.17, 15) is 0 Å². The Kier molecular flexibility index (Phi) is 6.67. The molecule has 0 aliphatic carbocycles. The summed E-state index contributed by atoms with van der Waals surface area (Å²) in [5, 5.41) is 17.6. The molecule has 0 bridgehead atoms. The molecule has 0 aromatic heterocycles. The van der Waals surface area contributed by atoms with E-state index in [0.29, 0.717) is 12.5 Å². The third kappa shape index (κ3) is 5.71. The van der Waals surface area contributed by atoms with Crippen LogP contribution in [0.1, 0.15) is 25.3 Å². The first-order chi connectivity index (χ1) is 8.26. The molecule has 0 radical (unpaired) electrons. The van der Waals surface area contributed by atoms with Gasteiger partial charge >= 0.3 is 0 Å². The first kappa shape index (κ1) is 14.0. The number of aliphatic hydroxyl groups excluding tert-OH is 2. The molecule has 96 valence electrons. The van der Waals surface area contributed by atoms with Gasteiger partial charge in [0.1, 0.15) is 5.75 Å². The van der Waals surface area contributed by atoms with E-state index in [-0.39, 0.29) is 13.2 Å². The van der Waals surface area contributed by atoms with Crippen LogP contribution in [0.25, 0.3) is 0 Å². The van der Waals surface area contributed by atoms with Crippen LogP contribution in [0.2, 0.25) is 0 Å². The monoisotopic (exact) mass is 238 g/mol. The summed E-state index contributed by atoms with van der Waals surface area (Å²) < 4.78 is 5.58. The highest BCUT2D eigenvalue weighted by molar-refractivity contribution is 5.27. The number of ether oxygens (including phenoxy) is 1. The molecule has 1 aromatic carbocycles. The van der Waals surface area contributed by atoms with Crippen molar-refractivity contribution < 1.29 is 14.9 Å². The quantitative estimate of drug-likeness (QED) is 0.728. The maximum Gasteiger partial charge on any atom is 0.119 e. The molecule has 3 nitrogen and oxygen atoms in total. The van der Waals surface area contributed by atoms with E-state index in [1.54, 1.807) is 0 Å². The Morgan fingerprint density at radius 2 is 1.88 bits per heavy atom. The van der Waals surface area contributed by atoms with Crippen molar-refractivity contribution in [1.29, 1.82) is 0 Å². The van der Waals surface area contributed by atoms with E-state index in [1.165, 1.54) is 5.56 Å². The predicted molar refractivity (Wildman–Crippen MR) is 68.2 cm³/mol. The molecule has 0 unspecified atom stereocenters. The summed E-state index contributed by atoms with van der Waals surface area (Å²) in [6.07, 6.45) is 2.56. The van der Waals surface area contributed by atoms with E-state index < -0.39 is 0 Å². The van der Waals surface area contributed by atoms with Crippen molar-refractivity contribution in [3.8, 4) is 5.75 Å². The molecule has 1 atom stereocenters. The highest BCUT2D eigenvalue weighted by atomic mass is 16.5. The average Bonchev–Trinajstić information content (AvgIpc) is 2.37. The predicted octanol–water partition coefficient (Wildman–Crippen LogP) is 2.01. The summed E-state index contributed by atoms with van der Waals surface area (Å²) in [6, 6.07) is 7.97. The van der Waals surface area contributed by atoms with Crippen LogP contribution in [0, 0.1) is 5.92 Å². The van der Waals surface area contributed by atoms with Gasteiger partial charge in [-0.05, 0) is 42.9 Å². The molecule has 0 saturated carbocycles. The maximum absolute atomic E-state index is 8.87. The van der Waals surface area contributed by atoms with Crippen molar-refractivity contribution in [1.82, 2.24) is 0 Å². The van der Waals surface area contributed by atoms with Gasteiger partial charge in [0.15, 0.2) is 0 Å². The van der Waals surface area contributed by atoms with E-state index in [0.717, 1.165) is 25.0 Å². The Hall–Kier alpha value is -1.06. The van der Waals surface area contributed by atoms with Crippen LogP contribution in [0.4, 0.5) is 0 Å². The lowest BCUT2D eigenvalue weighted by Gasteiger charge is -2.10. The second-order valence-corrected chi connectivity index (χ2v) is 4.40. The highest BCUT2D eigenvalue weighted by Gasteiger charge is 2.00. The Balaban J connectivity index is 2.30. The summed E-state index contributed by atoms with van der Waals surface area (Å²) in [5.41, 5.74) is 1.22. The van der Waals surface area contributed by atoms with E-state index in [1.807, 2.05) is 31.2 Å². The molecule has 2 N–H and O–H groups in total. The summed E-state index contributed by atoms with van der Waals surface area (Å²) in [5.74, 6) is 1.15. The minimum Gasteiger partial charge on any atom is -0.494 e. The number of aliphatic hydroxyl groups is 2. The van der Waals surface area contributed by atoms with Gasteiger partial charge < -0.3 is 14.9 Å². The Morgan fingerprint density at radius 3 is 2.47 bits per heavy atom. The van der Waals surface area contributed by atoms with E-state index >= 15 is 0 Å². The van der Waals surface area contributed by atoms with Crippen LogP contribution in [0.5, 0.6) is 5.75 Å². The second kappa shape index (κ2) is 8.09. The standard InChI is InChI=1S/C14H22O3/c1-12(11-16)8-10-17-14-6-4-13(5-7-14)3-2-9-15/h4-7,12,15-16H,2-3,8-11H2,1H3/t12-/m0/s1. The zero-order valence-corrected chi connectivity index (χ0v) is 10.4. The lowest BCUT2D eigenvalue weighted by molar-refractivity contribution is 0.202. The van der Waals surface area contributed by atoms with E-state index in [2.05, 4.69) is 0 Å². The fraction of sp³-hybridized carbons (Fsp3) is 0.571. The van der Waals surface area contributed by atoms with Crippen molar-refractivity contribution >= 4 is 0 Å². The van der Waals surface area contributed by atoms with Gasteiger partial charge in [0.2, 0.25) is 0 Å². The molecule has 0 aliphatic rings. The fourth-order valence-electron chi connectivity index (χ4n) is 1.50. The lowest BCUT2D eigenvalue weighted by Crippen LogP contribution is -2.07. The van der Waals surface area contributed by atoms with Gasteiger partial charge in [0.25, 0.3) is 0 Å². The Labute approximate surface area is 103 Å². The molecule has 3 heteroatoms. The summed E-state index contributed by atoms with van der Waals surface area (Å²) >= 11 is 0. The fourth-order valence-corrected chi connectivity index (χ4v) is 1.50. The minimum atomic E-state index is 0.212. The van der Waals surface area contributed by atoms with Crippen LogP contribution in [-0.4, -0.2) is 30.0 Å². The molecule has 0 heterocycles. The van der Waals surface area contributed by atoms with Crippen LogP contribution in [0.15, 0.2) is 24.3 Å². The molecule has 1 rings (SSSR count). The Morgan fingerprint density at radius 1 is 1.18 bits per heavy atom. The first-order valence-corrected chi connectivity index (χ1v) is 6.19. The van der Waals surface area contributed by atoms with Gasteiger partial charge in [-0.15, -0.1) is 0 Å². The summed E-state index contributed by atoms with van der Waals surface area (Å²) in [7, 11) is 0. The molecule has 0 spiro atoms. The lowest BCUT2D eigenvalue weighted by atomic mass is 10.1. The van der Waals surface area contributed by atoms with Gasteiger partial charge in [-0.2, -0.15) is 0 Å². The van der Waals surface area contributed by atoms with Gasteiger partial charge in [0.05, 0.1) is 6.61 Å². The number of hydrogen-bond acceptors (Lipinski definition) is 3. The van der Waals surface area contributed by atoms with Crippen molar-refractivity contribution in [2.75, 3.05) is 19.8 Å².